The van der Waals surface area contributed by atoms with E-state index in [1.807, 2.05) is 96.8 Å². The minimum absolute atomic E-state index is 0.0231. The summed E-state index contributed by atoms with van der Waals surface area (Å²) >= 11 is 0. The number of anilines is 1. The molecule has 0 bridgehead atoms. The van der Waals surface area contributed by atoms with Gasteiger partial charge in [0.05, 0.1) is 4.90 Å². The molecule has 0 aromatic heterocycles. The number of rotatable bonds is 6. The molecule has 1 aliphatic heterocycles. The van der Waals surface area contributed by atoms with E-state index in [9.17, 15) is 8.42 Å². The van der Waals surface area contributed by atoms with E-state index in [-0.39, 0.29) is 17.0 Å². The van der Waals surface area contributed by atoms with Crippen molar-refractivity contribution in [3.8, 4) is 0 Å². The third-order valence-corrected chi connectivity index (χ3v) is 7.26. The molecule has 1 atom stereocenters. The zero-order valence-corrected chi connectivity index (χ0v) is 20.7. The van der Waals surface area contributed by atoms with Crippen molar-refractivity contribution in [1.82, 2.24) is 0 Å². The van der Waals surface area contributed by atoms with Crippen LogP contribution in [0.2, 0.25) is 0 Å². The SMILES string of the molecule is Cc1ccc(S(=O)(=O)/N=C2\O/C(=C\Cc3ccccc3)[C@@H](c3ccccc3)N2c2ccccc2)cc1. The molecule has 4 aromatic rings. The molecule has 0 amide bonds. The van der Waals surface area contributed by atoms with E-state index >= 15 is 0 Å². The van der Waals surface area contributed by atoms with Crippen LogP contribution in [0.5, 0.6) is 0 Å². The normalized spacial score (nSPS) is 17.9. The average molecular weight is 495 g/mol. The van der Waals surface area contributed by atoms with Gasteiger partial charge < -0.3 is 4.74 Å². The van der Waals surface area contributed by atoms with Crippen LogP contribution in [0.1, 0.15) is 22.7 Å². The van der Waals surface area contributed by atoms with Crippen LogP contribution in [-0.4, -0.2) is 14.4 Å². The lowest BCUT2D eigenvalue weighted by atomic mass is 10.0. The predicted molar refractivity (Wildman–Crippen MR) is 143 cm³/mol. The standard InChI is InChI=1S/C30H26N2O3S/c1-23-17-20-27(21-18-23)36(33,34)31-30-32(26-15-9-4-10-16-26)29(25-13-7-3-8-14-25)28(35-30)22-19-24-11-5-2-6-12-24/h2-18,20-22,29H,19H2,1H3/b28-22-,31-30-/t29-/m1/s1. The highest BCUT2D eigenvalue weighted by Crippen LogP contribution is 2.40. The molecule has 1 fully saturated rings. The Hall–Kier alpha value is -4.16. The average Bonchev–Trinajstić information content (AvgIpc) is 3.26. The molecule has 4 aromatic carbocycles. The highest BCUT2D eigenvalue weighted by molar-refractivity contribution is 7.90. The first-order valence-corrected chi connectivity index (χ1v) is 13.2. The number of aryl methyl sites for hydroxylation is 1. The van der Waals surface area contributed by atoms with Crippen LogP contribution < -0.4 is 4.90 Å². The summed E-state index contributed by atoms with van der Waals surface area (Å²) in [7, 11) is -4.00. The first-order chi connectivity index (χ1) is 17.5. The second-order valence-corrected chi connectivity index (χ2v) is 10.2. The molecule has 0 N–H and O–H groups in total. The van der Waals surface area contributed by atoms with Crippen LogP contribution in [0.4, 0.5) is 5.69 Å². The third-order valence-electron chi connectivity index (χ3n) is 5.99. The van der Waals surface area contributed by atoms with Crippen molar-refractivity contribution in [2.24, 2.45) is 4.40 Å². The number of para-hydroxylation sites is 1. The van der Waals surface area contributed by atoms with Crippen molar-refractivity contribution in [3.63, 3.8) is 0 Å². The molecule has 1 aliphatic rings. The lowest BCUT2D eigenvalue weighted by molar-refractivity contribution is 0.423. The number of hydrogen-bond donors (Lipinski definition) is 0. The predicted octanol–water partition coefficient (Wildman–Crippen LogP) is 6.44. The van der Waals surface area contributed by atoms with Crippen molar-refractivity contribution in [2.75, 3.05) is 4.90 Å². The van der Waals surface area contributed by atoms with Gasteiger partial charge >= 0.3 is 6.02 Å². The van der Waals surface area contributed by atoms with Crippen molar-refractivity contribution in [2.45, 2.75) is 24.3 Å². The van der Waals surface area contributed by atoms with E-state index in [0.29, 0.717) is 12.2 Å². The number of allylic oxidation sites excluding steroid dienone is 1. The van der Waals surface area contributed by atoms with Gasteiger partial charge in [-0.15, -0.1) is 4.40 Å². The Kier molecular flexibility index (Phi) is 6.69. The van der Waals surface area contributed by atoms with Crippen LogP contribution in [0.3, 0.4) is 0 Å². The lowest BCUT2D eigenvalue weighted by Gasteiger charge is -2.24. The van der Waals surface area contributed by atoms with Gasteiger partial charge in [0.2, 0.25) is 0 Å². The number of amidine groups is 1. The molecule has 0 spiro atoms. The molecule has 36 heavy (non-hydrogen) atoms. The van der Waals surface area contributed by atoms with E-state index in [2.05, 4.69) is 16.5 Å². The highest BCUT2D eigenvalue weighted by atomic mass is 32.2. The number of nitrogens with zero attached hydrogens (tertiary/aromatic N) is 2. The molecular weight excluding hydrogens is 468 g/mol. The quantitative estimate of drug-likeness (QED) is 0.309. The lowest BCUT2D eigenvalue weighted by Crippen LogP contribution is -2.29. The Morgan fingerprint density at radius 3 is 2.03 bits per heavy atom. The van der Waals surface area contributed by atoms with E-state index in [0.717, 1.165) is 22.4 Å². The Bertz CT molecular complexity index is 1480. The molecule has 1 saturated heterocycles. The molecule has 0 radical (unpaired) electrons. The molecule has 0 saturated carbocycles. The van der Waals surface area contributed by atoms with Crippen molar-refractivity contribution in [3.05, 3.63) is 144 Å². The second-order valence-electron chi connectivity index (χ2n) is 8.58. The van der Waals surface area contributed by atoms with Gasteiger partial charge in [-0.05, 0) is 54.8 Å². The van der Waals surface area contributed by atoms with Crippen molar-refractivity contribution < 1.29 is 13.2 Å². The minimum Gasteiger partial charge on any atom is -0.427 e. The Labute approximate surface area is 212 Å². The molecule has 5 rings (SSSR count). The molecule has 0 aliphatic carbocycles. The summed E-state index contributed by atoms with van der Waals surface area (Å²) < 4.78 is 37.0. The fraction of sp³-hybridized carbons (Fsp3) is 0.100. The van der Waals surface area contributed by atoms with Crippen molar-refractivity contribution in [1.29, 1.82) is 0 Å². The first kappa shape index (κ1) is 23.6. The summed E-state index contributed by atoms with van der Waals surface area (Å²) in [5.41, 5.74) is 3.86. The molecule has 1 heterocycles. The summed E-state index contributed by atoms with van der Waals surface area (Å²) in [6.07, 6.45) is 2.64. The summed E-state index contributed by atoms with van der Waals surface area (Å²) in [6.45, 7) is 1.91. The van der Waals surface area contributed by atoms with Crippen LogP contribution >= 0.6 is 0 Å². The molecule has 0 unspecified atom stereocenters. The largest absolute Gasteiger partial charge is 0.427 e. The van der Waals surface area contributed by atoms with Gasteiger partial charge in [-0.3, -0.25) is 4.90 Å². The summed E-state index contributed by atoms with van der Waals surface area (Å²) in [5.74, 6) is 0.631. The number of ether oxygens (including phenoxy) is 1. The second kappa shape index (κ2) is 10.2. The maximum atomic E-state index is 13.3. The van der Waals surface area contributed by atoms with E-state index in [1.54, 1.807) is 24.3 Å². The van der Waals surface area contributed by atoms with Crippen LogP contribution in [0.15, 0.2) is 136 Å². The van der Waals surface area contributed by atoms with Crippen LogP contribution in [0.25, 0.3) is 0 Å². The Morgan fingerprint density at radius 2 is 1.39 bits per heavy atom. The molecule has 6 heteroatoms. The fourth-order valence-corrected chi connectivity index (χ4v) is 5.08. The van der Waals surface area contributed by atoms with Gasteiger partial charge in [0.25, 0.3) is 10.0 Å². The Morgan fingerprint density at radius 1 is 0.806 bits per heavy atom. The topological polar surface area (TPSA) is 59.0 Å². The fourth-order valence-electron chi connectivity index (χ4n) is 4.16. The molecule has 5 nitrogen and oxygen atoms in total. The summed E-state index contributed by atoms with van der Waals surface area (Å²) in [6, 6.07) is 35.9. The van der Waals surface area contributed by atoms with E-state index < -0.39 is 10.0 Å². The summed E-state index contributed by atoms with van der Waals surface area (Å²) in [5, 5.41) is 0. The number of benzene rings is 4. The number of hydrogen-bond acceptors (Lipinski definition) is 3. The molecular formula is C30H26N2O3S. The first-order valence-electron chi connectivity index (χ1n) is 11.7. The van der Waals surface area contributed by atoms with Gasteiger partial charge in [-0.25, -0.2) is 0 Å². The van der Waals surface area contributed by atoms with Gasteiger partial charge in [0.1, 0.15) is 11.8 Å². The van der Waals surface area contributed by atoms with Crippen LogP contribution in [-0.2, 0) is 21.2 Å². The highest BCUT2D eigenvalue weighted by Gasteiger charge is 2.39. The van der Waals surface area contributed by atoms with Gasteiger partial charge in [0.15, 0.2) is 0 Å². The Balaban J connectivity index is 1.64. The molecule has 180 valence electrons. The smallest absolute Gasteiger partial charge is 0.314 e. The van der Waals surface area contributed by atoms with Crippen molar-refractivity contribution >= 4 is 21.7 Å². The third kappa shape index (κ3) is 5.09. The van der Waals surface area contributed by atoms with Gasteiger partial charge in [-0.2, -0.15) is 8.42 Å². The number of sulfonamides is 1. The van der Waals surface area contributed by atoms with Gasteiger partial charge in [0, 0.05) is 5.69 Å². The maximum absolute atomic E-state index is 13.3. The van der Waals surface area contributed by atoms with E-state index in [1.165, 1.54) is 0 Å². The summed E-state index contributed by atoms with van der Waals surface area (Å²) in [4.78, 5) is 1.97. The maximum Gasteiger partial charge on any atom is 0.314 e. The van der Waals surface area contributed by atoms with Crippen LogP contribution in [0, 0.1) is 6.92 Å². The zero-order valence-electron chi connectivity index (χ0n) is 19.9. The zero-order chi connectivity index (χ0) is 25.0. The van der Waals surface area contributed by atoms with E-state index in [4.69, 9.17) is 4.74 Å². The minimum atomic E-state index is -4.00. The van der Waals surface area contributed by atoms with Gasteiger partial charge in [-0.1, -0.05) is 96.6 Å². The monoisotopic (exact) mass is 494 g/mol.